The number of halogens is 1. The molecule has 1 aliphatic heterocycles. The van der Waals surface area contributed by atoms with E-state index in [2.05, 4.69) is 26.7 Å². The van der Waals surface area contributed by atoms with Crippen LogP contribution in [0.3, 0.4) is 0 Å². The average Bonchev–Trinajstić information content (AvgIpc) is 2.84. The second kappa shape index (κ2) is 8.82. The lowest BCUT2D eigenvalue weighted by Crippen LogP contribution is -2.41. The Kier molecular flexibility index (Phi) is 5.79. The molecule has 1 saturated carbocycles. The molecule has 0 spiro atoms. The molecule has 9 nitrogen and oxygen atoms in total. The molecule has 2 aliphatic rings. The fraction of sp³-hybridized carbons (Fsp3) is 0.385. The molecule has 0 radical (unpaired) electrons. The number of nitrogens with two attached hydrogens (primary N) is 1. The fourth-order valence-corrected chi connectivity index (χ4v) is 4.68. The number of carbonyl (C=O) groups is 1. The Morgan fingerprint density at radius 2 is 2.08 bits per heavy atom. The summed E-state index contributed by atoms with van der Waals surface area (Å²) in [6, 6.07) is 5.59. The van der Waals surface area contributed by atoms with E-state index in [1.54, 1.807) is 18.3 Å². The standard InChI is InChI=1S/C26H27FN6O3/c1-13-18(10-32-24-23(13)30-4-5-35-24)17-6-14-7-20(31-11-19(14)22(29)21(17)27)33-25(34)36-16-8-15(9-16)26(2,3)12-28/h6-7,10-11,15-16,30H,4-5,8-9,29H2,1-3H3,(H,31,33,34)/t15-,16-. The Morgan fingerprint density at radius 3 is 2.83 bits per heavy atom. The number of nitrogens with one attached hydrogen (secondary N) is 2. The summed E-state index contributed by atoms with van der Waals surface area (Å²) in [5.74, 6) is 0.373. The maximum atomic E-state index is 15.3. The van der Waals surface area contributed by atoms with Crippen LogP contribution in [0.2, 0.25) is 0 Å². The van der Waals surface area contributed by atoms with Gasteiger partial charge in [-0.1, -0.05) is 0 Å². The molecule has 4 N–H and O–H groups in total. The Hall–Kier alpha value is -4.13. The highest BCUT2D eigenvalue weighted by molar-refractivity contribution is 5.99. The second-order valence-corrected chi connectivity index (χ2v) is 9.85. The summed E-state index contributed by atoms with van der Waals surface area (Å²) in [4.78, 5) is 21.0. The van der Waals surface area contributed by atoms with Crippen molar-refractivity contribution in [2.45, 2.75) is 39.7 Å². The average molecular weight is 491 g/mol. The number of aromatic nitrogens is 2. The largest absolute Gasteiger partial charge is 0.474 e. The van der Waals surface area contributed by atoms with Crippen molar-refractivity contribution in [2.75, 3.05) is 29.5 Å². The summed E-state index contributed by atoms with van der Waals surface area (Å²) < 4.78 is 26.4. The zero-order valence-corrected chi connectivity index (χ0v) is 20.3. The molecule has 5 rings (SSSR count). The van der Waals surface area contributed by atoms with Crippen molar-refractivity contribution in [1.82, 2.24) is 9.97 Å². The molecule has 0 unspecified atom stereocenters. The summed E-state index contributed by atoms with van der Waals surface area (Å²) in [7, 11) is 0. The van der Waals surface area contributed by atoms with Gasteiger partial charge in [-0.25, -0.2) is 19.2 Å². The van der Waals surface area contributed by atoms with Crippen LogP contribution < -0.4 is 21.1 Å². The van der Waals surface area contributed by atoms with Crippen molar-refractivity contribution in [2.24, 2.45) is 11.3 Å². The van der Waals surface area contributed by atoms with Crippen LogP contribution in [0.4, 0.5) is 26.4 Å². The number of rotatable bonds is 4. The summed E-state index contributed by atoms with van der Waals surface area (Å²) >= 11 is 0. The molecule has 2 aromatic heterocycles. The number of hydrogen-bond acceptors (Lipinski definition) is 8. The van der Waals surface area contributed by atoms with Gasteiger partial charge in [0.1, 0.15) is 24.2 Å². The molecule has 0 atom stereocenters. The fourth-order valence-electron chi connectivity index (χ4n) is 4.68. The number of amides is 1. The third-order valence-corrected chi connectivity index (χ3v) is 7.14. The van der Waals surface area contributed by atoms with Gasteiger partial charge in [0.25, 0.3) is 0 Å². The summed E-state index contributed by atoms with van der Waals surface area (Å²) in [5.41, 5.74) is 8.06. The van der Waals surface area contributed by atoms with Crippen LogP contribution in [-0.4, -0.2) is 35.3 Å². The van der Waals surface area contributed by atoms with Crippen molar-refractivity contribution < 1.29 is 18.7 Å². The highest BCUT2D eigenvalue weighted by Gasteiger charge is 2.42. The van der Waals surface area contributed by atoms with Gasteiger partial charge in [-0.05, 0) is 62.6 Å². The minimum atomic E-state index is -0.629. The number of benzene rings is 1. The molecule has 3 aromatic rings. The lowest BCUT2D eigenvalue weighted by atomic mass is 9.66. The Labute approximate surface area is 207 Å². The first-order valence-corrected chi connectivity index (χ1v) is 11.8. The molecule has 0 saturated heterocycles. The van der Waals surface area contributed by atoms with Gasteiger partial charge >= 0.3 is 6.09 Å². The number of ether oxygens (including phenoxy) is 2. The molecule has 1 fully saturated rings. The molecular formula is C26H27FN6O3. The number of anilines is 3. The van der Waals surface area contributed by atoms with Gasteiger partial charge < -0.3 is 20.5 Å². The monoisotopic (exact) mass is 490 g/mol. The zero-order chi connectivity index (χ0) is 25.6. The Bertz CT molecular complexity index is 1410. The van der Waals surface area contributed by atoms with Crippen LogP contribution in [0.1, 0.15) is 32.3 Å². The molecule has 1 amide bonds. The highest BCUT2D eigenvalue weighted by atomic mass is 19.1. The van der Waals surface area contributed by atoms with E-state index in [-0.39, 0.29) is 23.5 Å². The molecule has 186 valence electrons. The van der Waals surface area contributed by atoms with Crippen LogP contribution in [0.5, 0.6) is 5.88 Å². The Morgan fingerprint density at radius 1 is 1.31 bits per heavy atom. The van der Waals surface area contributed by atoms with E-state index >= 15 is 4.39 Å². The predicted octanol–water partition coefficient (Wildman–Crippen LogP) is 5.01. The molecule has 36 heavy (non-hydrogen) atoms. The maximum Gasteiger partial charge on any atom is 0.413 e. The van der Waals surface area contributed by atoms with E-state index in [1.165, 1.54) is 6.20 Å². The van der Waals surface area contributed by atoms with Gasteiger partial charge in [0.15, 0.2) is 5.82 Å². The highest BCUT2D eigenvalue weighted by Crippen LogP contribution is 2.43. The molecule has 10 heteroatoms. The third kappa shape index (κ3) is 4.11. The lowest BCUT2D eigenvalue weighted by molar-refractivity contribution is -0.00711. The van der Waals surface area contributed by atoms with Crippen molar-refractivity contribution in [3.8, 4) is 23.1 Å². The predicted molar refractivity (Wildman–Crippen MR) is 134 cm³/mol. The normalized spacial score (nSPS) is 18.8. The van der Waals surface area contributed by atoms with Gasteiger partial charge in [0.05, 0.1) is 17.2 Å². The first-order valence-electron chi connectivity index (χ1n) is 11.8. The summed E-state index contributed by atoms with van der Waals surface area (Å²) in [6.45, 7) is 6.80. The van der Waals surface area contributed by atoms with Gasteiger partial charge in [0, 0.05) is 35.5 Å². The number of carbonyl (C=O) groups excluding carboxylic acids is 1. The Balaban J connectivity index is 1.38. The van der Waals surface area contributed by atoms with Crippen molar-refractivity contribution in [3.05, 3.63) is 35.9 Å². The van der Waals surface area contributed by atoms with Gasteiger partial charge in [-0.2, -0.15) is 5.26 Å². The van der Waals surface area contributed by atoms with E-state index in [1.807, 2.05) is 20.8 Å². The number of nitriles is 1. The zero-order valence-electron chi connectivity index (χ0n) is 20.3. The van der Waals surface area contributed by atoms with Gasteiger partial charge in [-0.15, -0.1) is 0 Å². The van der Waals surface area contributed by atoms with E-state index < -0.39 is 17.3 Å². The van der Waals surface area contributed by atoms with Crippen LogP contribution in [0.15, 0.2) is 24.5 Å². The molecular weight excluding hydrogens is 463 g/mol. The van der Waals surface area contributed by atoms with Crippen molar-refractivity contribution in [1.29, 1.82) is 5.26 Å². The van der Waals surface area contributed by atoms with E-state index in [0.717, 1.165) is 11.3 Å². The third-order valence-electron chi connectivity index (χ3n) is 7.14. The second-order valence-electron chi connectivity index (χ2n) is 9.85. The number of fused-ring (bicyclic) bond motifs is 2. The van der Waals surface area contributed by atoms with Crippen LogP contribution >= 0.6 is 0 Å². The van der Waals surface area contributed by atoms with E-state index in [4.69, 9.17) is 15.2 Å². The topological polar surface area (TPSA) is 135 Å². The quantitative estimate of drug-likeness (QED) is 0.435. The van der Waals surface area contributed by atoms with E-state index in [0.29, 0.717) is 53.8 Å². The van der Waals surface area contributed by atoms with E-state index in [9.17, 15) is 10.1 Å². The molecule has 1 aliphatic carbocycles. The minimum absolute atomic E-state index is 0.0360. The van der Waals surface area contributed by atoms with Crippen LogP contribution in [0.25, 0.3) is 21.9 Å². The number of nitrogens with zero attached hydrogens (tertiary/aromatic N) is 3. The molecule has 3 heterocycles. The van der Waals surface area contributed by atoms with Crippen molar-refractivity contribution >= 4 is 34.1 Å². The first kappa shape index (κ1) is 23.6. The maximum absolute atomic E-state index is 15.3. The first-order chi connectivity index (χ1) is 17.2. The number of nitrogen functional groups attached to an aromatic ring is 1. The lowest BCUT2D eigenvalue weighted by Gasteiger charge is -2.40. The van der Waals surface area contributed by atoms with Crippen molar-refractivity contribution in [3.63, 3.8) is 0 Å². The summed E-state index contributed by atoms with van der Waals surface area (Å²) in [6.07, 6.45) is 3.42. The van der Waals surface area contributed by atoms with Crippen LogP contribution in [-0.2, 0) is 4.74 Å². The number of pyridine rings is 2. The molecule has 1 aromatic carbocycles. The molecule has 0 bridgehead atoms. The summed E-state index contributed by atoms with van der Waals surface area (Å²) in [5, 5.41) is 16.2. The smallest absolute Gasteiger partial charge is 0.413 e. The van der Waals surface area contributed by atoms with Crippen LogP contribution in [0, 0.1) is 35.4 Å². The SMILES string of the molecule is Cc1c(-c2cc3cc(NC(=O)O[C@H]4C[C@H](C(C)(C)C#N)C4)ncc3c(N)c2F)cnc2c1NCCO2. The van der Waals surface area contributed by atoms with Gasteiger partial charge in [-0.3, -0.25) is 5.32 Å². The number of hydrogen-bond donors (Lipinski definition) is 3. The minimum Gasteiger partial charge on any atom is -0.474 e. The van der Waals surface area contributed by atoms with Gasteiger partial charge in [0.2, 0.25) is 5.88 Å².